The second-order valence-corrected chi connectivity index (χ2v) is 11.5. The molecule has 0 unspecified atom stereocenters. The van der Waals surface area contributed by atoms with E-state index in [9.17, 15) is 0 Å². The molecular formula is C42H26N2O. The van der Waals surface area contributed by atoms with Crippen LogP contribution in [0, 0.1) is 0 Å². The van der Waals surface area contributed by atoms with Crippen LogP contribution in [0.5, 0.6) is 0 Å². The van der Waals surface area contributed by atoms with Gasteiger partial charge in [0, 0.05) is 27.5 Å². The molecular weight excluding hydrogens is 548 g/mol. The van der Waals surface area contributed by atoms with E-state index in [1.807, 2.05) is 18.2 Å². The highest BCUT2D eigenvalue weighted by Crippen LogP contribution is 2.36. The lowest BCUT2D eigenvalue weighted by Gasteiger charge is -2.10. The Morgan fingerprint density at radius 1 is 0.333 bits per heavy atom. The predicted molar refractivity (Wildman–Crippen MR) is 186 cm³/mol. The van der Waals surface area contributed by atoms with Gasteiger partial charge in [-0.1, -0.05) is 115 Å². The minimum atomic E-state index is 0.665. The van der Waals surface area contributed by atoms with Crippen molar-refractivity contribution in [2.45, 2.75) is 0 Å². The molecule has 0 N–H and O–H groups in total. The Balaban J connectivity index is 1.16. The summed E-state index contributed by atoms with van der Waals surface area (Å²) in [7, 11) is 0. The molecule has 0 saturated carbocycles. The van der Waals surface area contributed by atoms with Crippen LogP contribution < -0.4 is 0 Å². The van der Waals surface area contributed by atoms with Crippen molar-refractivity contribution in [3.63, 3.8) is 0 Å². The van der Waals surface area contributed by atoms with E-state index >= 15 is 0 Å². The van der Waals surface area contributed by atoms with E-state index in [2.05, 4.69) is 140 Å². The summed E-state index contributed by atoms with van der Waals surface area (Å²) < 4.78 is 6.49. The Hall–Kier alpha value is -6.06. The van der Waals surface area contributed by atoms with E-state index in [0.717, 1.165) is 55.6 Å². The molecule has 9 aromatic rings. The normalized spacial score (nSPS) is 11.6. The lowest BCUT2D eigenvalue weighted by molar-refractivity contribution is 0.669. The van der Waals surface area contributed by atoms with Gasteiger partial charge in [0.25, 0.3) is 0 Å². The molecule has 0 aliphatic carbocycles. The zero-order valence-electron chi connectivity index (χ0n) is 24.3. The van der Waals surface area contributed by atoms with E-state index in [0.29, 0.717) is 5.82 Å². The Morgan fingerprint density at radius 3 is 1.51 bits per heavy atom. The highest BCUT2D eigenvalue weighted by Gasteiger charge is 2.14. The molecule has 0 bridgehead atoms. The molecule has 0 aliphatic heterocycles. The van der Waals surface area contributed by atoms with Crippen molar-refractivity contribution in [2.24, 2.45) is 0 Å². The molecule has 0 atom stereocenters. The molecule has 9 rings (SSSR count). The van der Waals surface area contributed by atoms with Gasteiger partial charge in [-0.15, -0.1) is 0 Å². The van der Waals surface area contributed by atoms with Gasteiger partial charge in [0.2, 0.25) is 0 Å². The van der Waals surface area contributed by atoms with Gasteiger partial charge >= 0.3 is 0 Å². The van der Waals surface area contributed by atoms with Crippen LogP contribution in [0.15, 0.2) is 162 Å². The zero-order valence-corrected chi connectivity index (χ0v) is 24.3. The summed E-state index contributed by atoms with van der Waals surface area (Å²) in [6.45, 7) is 0. The number of furan rings is 1. The van der Waals surface area contributed by atoms with E-state index in [-0.39, 0.29) is 0 Å². The summed E-state index contributed by atoms with van der Waals surface area (Å²) in [5, 5.41) is 7.02. The molecule has 2 heterocycles. The third-order valence-electron chi connectivity index (χ3n) is 8.66. The Labute approximate surface area is 260 Å². The van der Waals surface area contributed by atoms with Gasteiger partial charge in [-0.2, -0.15) is 0 Å². The molecule has 210 valence electrons. The van der Waals surface area contributed by atoms with Crippen molar-refractivity contribution < 1.29 is 4.42 Å². The van der Waals surface area contributed by atoms with Crippen molar-refractivity contribution in [3.05, 3.63) is 158 Å². The first-order chi connectivity index (χ1) is 22.2. The lowest BCUT2D eigenvalue weighted by Crippen LogP contribution is -1.96. The first-order valence-electron chi connectivity index (χ1n) is 15.1. The Bertz CT molecular complexity index is 2550. The van der Waals surface area contributed by atoms with Gasteiger partial charge < -0.3 is 4.42 Å². The third kappa shape index (κ3) is 4.54. The standard InChI is InChI=1S/C42H26N2O/c1-2-10-29(11-3-1)38-26-39(34-17-15-28-9-5-7-13-31(28)23-34)44-42(43-38)35-19-21-37-36-20-18-33(24-40(36)45-41(37)25-35)32-16-14-27-8-4-6-12-30(27)22-32/h1-26H. The van der Waals surface area contributed by atoms with Crippen LogP contribution in [-0.4, -0.2) is 9.97 Å². The van der Waals surface area contributed by atoms with Crippen LogP contribution in [0.2, 0.25) is 0 Å². The van der Waals surface area contributed by atoms with Crippen LogP contribution in [0.4, 0.5) is 0 Å². The Morgan fingerprint density at radius 2 is 0.822 bits per heavy atom. The molecule has 0 saturated heterocycles. The fourth-order valence-electron chi connectivity index (χ4n) is 6.29. The van der Waals surface area contributed by atoms with E-state index in [4.69, 9.17) is 14.4 Å². The molecule has 45 heavy (non-hydrogen) atoms. The van der Waals surface area contributed by atoms with E-state index in [1.54, 1.807) is 0 Å². The third-order valence-corrected chi connectivity index (χ3v) is 8.66. The monoisotopic (exact) mass is 574 g/mol. The first-order valence-corrected chi connectivity index (χ1v) is 15.1. The van der Waals surface area contributed by atoms with Crippen molar-refractivity contribution >= 4 is 43.5 Å². The number of aromatic nitrogens is 2. The fraction of sp³-hybridized carbons (Fsp3) is 0. The van der Waals surface area contributed by atoms with Gasteiger partial charge in [-0.25, -0.2) is 9.97 Å². The maximum Gasteiger partial charge on any atom is 0.160 e. The average Bonchev–Trinajstić information content (AvgIpc) is 3.48. The van der Waals surface area contributed by atoms with Crippen molar-refractivity contribution in [1.82, 2.24) is 9.97 Å². The summed E-state index contributed by atoms with van der Waals surface area (Å²) in [6.07, 6.45) is 0. The smallest absolute Gasteiger partial charge is 0.160 e. The molecule has 3 nitrogen and oxygen atoms in total. The first kappa shape index (κ1) is 25.4. The summed E-state index contributed by atoms with van der Waals surface area (Å²) in [4.78, 5) is 10.1. The Kier molecular flexibility index (Phi) is 5.82. The van der Waals surface area contributed by atoms with Crippen LogP contribution in [0.1, 0.15) is 0 Å². The minimum Gasteiger partial charge on any atom is -0.456 e. The van der Waals surface area contributed by atoms with E-state index in [1.165, 1.54) is 27.1 Å². The zero-order chi connectivity index (χ0) is 29.7. The highest BCUT2D eigenvalue weighted by molar-refractivity contribution is 6.07. The number of hydrogen-bond acceptors (Lipinski definition) is 3. The SMILES string of the molecule is c1ccc(-c2cc(-c3ccc4ccccc4c3)nc(-c3ccc4c(c3)oc3cc(-c5ccc6ccccc6c5)ccc34)n2)cc1. The number of nitrogens with zero attached hydrogens (tertiary/aromatic N) is 2. The number of hydrogen-bond donors (Lipinski definition) is 0. The molecule has 2 aromatic heterocycles. The number of fused-ring (bicyclic) bond motifs is 5. The minimum absolute atomic E-state index is 0.665. The number of benzene rings is 7. The van der Waals surface area contributed by atoms with Crippen molar-refractivity contribution in [2.75, 3.05) is 0 Å². The molecule has 0 fully saturated rings. The summed E-state index contributed by atoms with van der Waals surface area (Å²) >= 11 is 0. The fourth-order valence-corrected chi connectivity index (χ4v) is 6.29. The molecule has 0 amide bonds. The summed E-state index contributed by atoms with van der Waals surface area (Å²) in [5.41, 5.74) is 8.77. The van der Waals surface area contributed by atoms with Gasteiger partial charge in [-0.05, 0) is 75.1 Å². The van der Waals surface area contributed by atoms with Gasteiger partial charge in [-0.3, -0.25) is 0 Å². The highest BCUT2D eigenvalue weighted by atomic mass is 16.3. The average molecular weight is 575 g/mol. The molecule has 7 aromatic carbocycles. The molecule has 3 heteroatoms. The molecule has 0 radical (unpaired) electrons. The summed E-state index contributed by atoms with van der Waals surface area (Å²) in [5.74, 6) is 0.665. The maximum absolute atomic E-state index is 6.49. The van der Waals surface area contributed by atoms with Crippen LogP contribution in [-0.2, 0) is 0 Å². The molecule has 0 aliphatic rings. The summed E-state index contributed by atoms with van der Waals surface area (Å²) in [6, 6.07) is 55.1. The maximum atomic E-state index is 6.49. The lowest BCUT2D eigenvalue weighted by atomic mass is 10.00. The van der Waals surface area contributed by atoms with Crippen molar-refractivity contribution in [1.29, 1.82) is 0 Å². The second-order valence-electron chi connectivity index (χ2n) is 11.5. The second kappa shape index (κ2) is 10.3. The van der Waals surface area contributed by atoms with Crippen LogP contribution in [0.25, 0.3) is 88.5 Å². The van der Waals surface area contributed by atoms with Crippen LogP contribution in [0.3, 0.4) is 0 Å². The van der Waals surface area contributed by atoms with Crippen molar-refractivity contribution in [3.8, 4) is 45.0 Å². The topological polar surface area (TPSA) is 38.9 Å². The van der Waals surface area contributed by atoms with Gasteiger partial charge in [0.15, 0.2) is 5.82 Å². The van der Waals surface area contributed by atoms with E-state index < -0.39 is 0 Å². The van der Waals surface area contributed by atoms with Gasteiger partial charge in [0.05, 0.1) is 11.4 Å². The molecule has 0 spiro atoms. The largest absolute Gasteiger partial charge is 0.456 e. The van der Waals surface area contributed by atoms with Crippen LogP contribution >= 0.6 is 0 Å². The van der Waals surface area contributed by atoms with Gasteiger partial charge in [0.1, 0.15) is 11.2 Å². The predicted octanol–water partition coefficient (Wildman–Crippen LogP) is 11.4. The number of rotatable bonds is 4. The quantitative estimate of drug-likeness (QED) is 0.210.